The van der Waals surface area contributed by atoms with Gasteiger partial charge in [-0.2, -0.15) is 0 Å². The number of piperidine rings is 2. The normalized spacial score (nSPS) is 21.1. The van der Waals surface area contributed by atoms with Crippen LogP contribution in [0.25, 0.3) is 0 Å². The lowest BCUT2D eigenvalue weighted by atomic mass is 9.93. The van der Waals surface area contributed by atoms with Gasteiger partial charge in [-0.25, -0.2) is 0 Å². The van der Waals surface area contributed by atoms with E-state index in [4.69, 9.17) is 0 Å². The second-order valence-corrected chi connectivity index (χ2v) is 7.98. The average Bonchev–Trinajstić information content (AvgIpc) is 3.33. The molecule has 7 heteroatoms. The van der Waals surface area contributed by atoms with Crippen LogP contribution in [-0.4, -0.2) is 63.8 Å². The van der Waals surface area contributed by atoms with Crippen molar-refractivity contribution in [3.05, 3.63) is 54.1 Å². The van der Waals surface area contributed by atoms with Gasteiger partial charge in [-0.15, -0.1) is 0 Å². The quantitative estimate of drug-likeness (QED) is 0.812. The third kappa shape index (κ3) is 4.85. The van der Waals surface area contributed by atoms with Crippen molar-refractivity contribution in [1.82, 2.24) is 25.1 Å². The van der Waals surface area contributed by atoms with E-state index in [1.807, 2.05) is 35.2 Å². The predicted molar refractivity (Wildman–Crippen MR) is 110 cm³/mol. The summed E-state index contributed by atoms with van der Waals surface area (Å²) in [6, 6.07) is 9.87. The highest BCUT2D eigenvalue weighted by Crippen LogP contribution is 2.24. The Balaban J connectivity index is 1.25. The molecule has 0 radical (unpaired) electrons. The summed E-state index contributed by atoms with van der Waals surface area (Å²) < 4.78 is 0. The van der Waals surface area contributed by atoms with Crippen LogP contribution in [0.3, 0.4) is 0 Å². The van der Waals surface area contributed by atoms with Gasteiger partial charge in [0.25, 0.3) is 5.91 Å². The Morgan fingerprint density at radius 3 is 2.69 bits per heavy atom. The van der Waals surface area contributed by atoms with E-state index in [1.54, 1.807) is 12.4 Å². The standard InChI is InChI=1S/C22H29N5O2/c28-21(25-15-18-6-1-2-10-23-18)17-5-4-12-27(16-17)19-8-13-26(14-9-19)22(29)20-7-3-11-24-20/h1-3,6-7,10-11,17,19,24H,4-5,8-9,12-16H2,(H,25,28)/t17-/m0/s1. The number of carbonyl (C=O) groups excluding carboxylic acids is 2. The van der Waals surface area contributed by atoms with Gasteiger partial charge in [0.2, 0.25) is 5.91 Å². The Morgan fingerprint density at radius 2 is 1.97 bits per heavy atom. The van der Waals surface area contributed by atoms with Crippen LogP contribution in [0.4, 0.5) is 0 Å². The third-order valence-corrected chi connectivity index (χ3v) is 6.09. The molecule has 154 valence electrons. The highest BCUT2D eigenvalue weighted by atomic mass is 16.2. The Morgan fingerprint density at radius 1 is 1.10 bits per heavy atom. The number of amides is 2. The molecule has 2 aliphatic rings. The van der Waals surface area contributed by atoms with Gasteiger partial charge in [-0.05, 0) is 56.5 Å². The molecule has 0 spiro atoms. The van der Waals surface area contributed by atoms with Crippen LogP contribution >= 0.6 is 0 Å². The Kier molecular flexibility index (Phi) is 6.24. The van der Waals surface area contributed by atoms with E-state index in [2.05, 4.69) is 20.2 Å². The number of hydrogen-bond acceptors (Lipinski definition) is 4. The molecule has 0 bridgehead atoms. The molecular weight excluding hydrogens is 366 g/mol. The Bertz CT molecular complexity index is 800. The summed E-state index contributed by atoms with van der Waals surface area (Å²) in [4.78, 5) is 36.8. The molecular formula is C22H29N5O2. The van der Waals surface area contributed by atoms with Crippen molar-refractivity contribution >= 4 is 11.8 Å². The molecule has 0 aliphatic carbocycles. The van der Waals surface area contributed by atoms with Crippen molar-refractivity contribution < 1.29 is 9.59 Å². The van der Waals surface area contributed by atoms with Crippen LogP contribution < -0.4 is 5.32 Å². The maximum absolute atomic E-state index is 12.7. The number of aromatic amines is 1. The minimum Gasteiger partial charge on any atom is -0.357 e. The summed E-state index contributed by atoms with van der Waals surface area (Å²) in [7, 11) is 0. The van der Waals surface area contributed by atoms with E-state index in [-0.39, 0.29) is 17.7 Å². The minimum absolute atomic E-state index is 0.0334. The van der Waals surface area contributed by atoms with E-state index in [0.717, 1.165) is 57.6 Å². The Labute approximate surface area is 171 Å². The monoisotopic (exact) mass is 395 g/mol. The number of carbonyl (C=O) groups is 2. The fourth-order valence-corrected chi connectivity index (χ4v) is 4.44. The molecule has 29 heavy (non-hydrogen) atoms. The van der Waals surface area contributed by atoms with Crippen LogP contribution in [0.1, 0.15) is 41.9 Å². The van der Waals surface area contributed by atoms with Crippen LogP contribution in [0, 0.1) is 5.92 Å². The summed E-state index contributed by atoms with van der Waals surface area (Å²) in [6.07, 6.45) is 7.45. The van der Waals surface area contributed by atoms with E-state index in [9.17, 15) is 9.59 Å². The number of rotatable bonds is 5. The van der Waals surface area contributed by atoms with Crippen molar-refractivity contribution in [2.45, 2.75) is 38.3 Å². The number of H-pyrrole nitrogens is 1. The molecule has 1 atom stereocenters. The molecule has 2 saturated heterocycles. The van der Waals surface area contributed by atoms with Gasteiger partial charge in [-0.1, -0.05) is 6.07 Å². The topological polar surface area (TPSA) is 81.3 Å². The van der Waals surface area contributed by atoms with E-state index in [1.165, 1.54) is 0 Å². The first-order chi connectivity index (χ1) is 14.2. The number of nitrogens with zero attached hydrogens (tertiary/aromatic N) is 3. The molecule has 2 aromatic rings. The lowest BCUT2D eigenvalue weighted by Gasteiger charge is -2.42. The minimum atomic E-state index is 0.0334. The van der Waals surface area contributed by atoms with Crippen molar-refractivity contribution in [2.75, 3.05) is 26.2 Å². The van der Waals surface area contributed by atoms with Crippen molar-refractivity contribution in [3.63, 3.8) is 0 Å². The third-order valence-electron chi connectivity index (χ3n) is 6.09. The van der Waals surface area contributed by atoms with Gasteiger partial charge in [0, 0.05) is 38.1 Å². The van der Waals surface area contributed by atoms with Gasteiger partial charge in [0.1, 0.15) is 5.69 Å². The molecule has 2 fully saturated rings. The molecule has 0 unspecified atom stereocenters. The first-order valence-electron chi connectivity index (χ1n) is 10.5. The number of nitrogens with one attached hydrogen (secondary N) is 2. The molecule has 2 aliphatic heterocycles. The first kappa shape index (κ1) is 19.6. The average molecular weight is 396 g/mol. The fraction of sp³-hybridized carbons (Fsp3) is 0.500. The lowest BCUT2D eigenvalue weighted by molar-refractivity contribution is -0.127. The van der Waals surface area contributed by atoms with Crippen molar-refractivity contribution in [1.29, 1.82) is 0 Å². The summed E-state index contributed by atoms with van der Waals surface area (Å²) in [5, 5.41) is 3.05. The first-order valence-corrected chi connectivity index (χ1v) is 10.5. The number of hydrogen-bond donors (Lipinski definition) is 2. The summed E-state index contributed by atoms with van der Waals surface area (Å²) in [5.41, 5.74) is 1.54. The maximum atomic E-state index is 12.7. The second-order valence-electron chi connectivity index (χ2n) is 7.98. The van der Waals surface area contributed by atoms with E-state index < -0.39 is 0 Å². The largest absolute Gasteiger partial charge is 0.357 e. The summed E-state index contributed by atoms with van der Waals surface area (Å²) in [6.45, 7) is 3.88. The predicted octanol–water partition coefficient (Wildman–Crippen LogP) is 2.04. The highest BCUT2D eigenvalue weighted by molar-refractivity contribution is 5.92. The molecule has 4 rings (SSSR count). The van der Waals surface area contributed by atoms with Gasteiger partial charge in [0.15, 0.2) is 0 Å². The zero-order valence-electron chi connectivity index (χ0n) is 16.7. The molecule has 2 amide bonds. The van der Waals surface area contributed by atoms with E-state index >= 15 is 0 Å². The SMILES string of the molecule is O=C(NCc1ccccn1)[C@H]1CCCN(C2CCN(C(=O)c3ccc[nH]3)CC2)C1. The molecule has 2 aromatic heterocycles. The number of pyridine rings is 1. The highest BCUT2D eigenvalue weighted by Gasteiger charge is 2.32. The van der Waals surface area contributed by atoms with E-state index in [0.29, 0.717) is 18.3 Å². The summed E-state index contributed by atoms with van der Waals surface area (Å²) >= 11 is 0. The molecule has 0 saturated carbocycles. The van der Waals surface area contributed by atoms with Crippen molar-refractivity contribution in [2.24, 2.45) is 5.92 Å². The van der Waals surface area contributed by atoms with Crippen molar-refractivity contribution in [3.8, 4) is 0 Å². The number of aromatic nitrogens is 2. The van der Waals surface area contributed by atoms with Crippen LogP contribution in [0.2, 0.25) is 0 Å². The molecule has 0 aromatic carbocycles. The Hall–Kier alpha value is -2.67. The van der Waals surface area contributed by atoms with Crippen LogP contribution in [0.5, 0.6) is 0 Å². The molecule has 2 N–H and O–H groups in total. The summed E-state index contributed by atoms with van der Waals surface area (Å²) in [5.74, 6) is 0.240. The second kappa shape index (κ2) is 9.22. The van der Waals surface area contributed by atoms with Gasteiger partial charge >= 0.3 is 0 Å². The zero-order chi connectivity index (χ0) is 20.1. The van der Waals surface area contributed by atoms with Gasteiger partial charge in [-0.3, -0.25) is 19.5 Å². The van der Waals surface area contributed by atoms with Crippen LogP contribution in [-0.2, 0) is 11.3 Å². The molecule has 4 heterocycles. The fourth-order valence-electron chi connectivity index (χ4n) is 4.44. The number of likely N-dealkylation sites (tertiary alicyclic amines) is 2. The maximum Gasteiger partial charge on any atom is 0.270 e. The smallest absolute Gasteiger partial charge is 0.270 e. The lowest BCUT2D eigenvalue weighted by Crippen LogP contribution is -2.51. The van der Waals surface area contributed by atoms with Gasteiger partial charge in [0.05, 0.1) is 18.2 Å². The zero-order valence-corrected chi connectivity index (χ0v) is 16.7. The van der Waals surface area contributed by atoms with Gasteiger partial charge < -0.3 is 15.2 Å². The van der Waals surface area contributed by atoms with Crippen LogP contribution in [0.15, 0.2) is 42.7 Å². The molecule has 7 nitrogen and oxygen atoms in total.